The number of rotatable bonds is 4. The number of ether oxygens (including phenoxy) is 2. The number of aliphatic carboxylic acids is 1. The van der Waals surface area contributed by atoms with Crippen LogP contribution in [0.25, 0.3) is 0 Å². The molecule has 3 rings (SSSR count). The maximum absolute atomic E-state index is 12.6. The predicted octanol–water partition coefficient (Wildman–Crippen LogP) is 2.22. The van der Waals surface area contributed by atoms with Crippen LogP contribution < -0.4 is 14.8 Å². The zero-order chi connectivity index (χ0) is 17.3. The van der Waals surface area contributed by atoms with Crippen molar-refractivity contribution in [3.05, 3.63) is 29.8 Å². The summed E-state index contributed by atoms with van der Waals surface area (Å²) in [6, 6.07) is 3.06. The van der Waals surface area contributed by atoms with Crippen LogP contribution in [0, 0.1) is 11.8 Å². The lowest BCUT2D eigenvalue weighted by molar-refractivity contribution is -0.146. The highest BCUT2D eigenvalue weighted by Gasteiger charge is 2.34. The van der Waals surface area contributed by atoms with Crippen LogP contribution in [0.5, 0.6) is 11.5 Å². The minimum Gasteiger partial charge on any atom is -0.481 e. The van der Waals surface area contributed by atoms with Gasteiger partial charge in [-0.2, -0.15) is 0 Å². The maximum atomic E-state index is 12.6. The summed E-state index contributed by atoms with van der Waals surface area (Å²) in [5.74, 6) is -2.23. The number of benzene rings is 1. The number of carbonyl (C=O) groups is 3. The molecule has 1 aliphatic carbocycles. The van der Waals surface area contributed by atoms with Gasteiger partial charge < -0.3 is 19.9 Å². The first-order valence-corrected chi connectivity index (χ1v) is 7.60. The zero-order valence-corrected chi connectivity index (χ0v) is 13.1. The summed E-state index contributed by atoms with van der Waals surface area (Å²) in [7, 11) is 0. The topological polar surface area (TPSA) is 102 Å². The number of carboxylic acids is 1. The molecule has 126 valence electrons. The molecule has 2 N–H and O–H groups in total. The molecule has 0 aromatic heterocycles. The van der Waals surface area contributed by atoms with E-state index in [1.165, 1.54) is 19.1 Å². The molecule has 1 aliphatic heterocycles. The number of carboxylic acid groups (broad SMARTS) is 1. The molecule has 1 aromatic carbocycles. The fraction of sp³-hybridized carbons (Fsp3) is 0.353. The molecule has 0 saturated heterocycles. The number of carbonyl (C=O) groups excluding carboxylic acids is 2. The third kappa shape index (κ3) is 2.97. The van der Waals surface area contributed by atoms with E-state index >= 15 is 0 Å². The van der Waals surface area contributed by atoms with E-state index in [-0.39, 0.29) is 12.6 Å². The van der Waals surface area contributed by atoms with Gasteiger partial charge in [-0.25, -0.2) is 0 Å². The molecule has 2 atom stereocenters. The molecule has 0 unspecified atom stereocenters. The van der Waals surface area contributed by atoms with Crippen molar-refractivity contribution in [2.24, 2.45) is 11.8 Å². The standard InChI is InChI=1S/C17H17NO6/c1-9(19)12-6-14-15(24-8-23-14)7-13(12)18-16(20)10-4-2-3-5-11(10)17(21)22/h2-3,6-7,10-11H,4-5,8H2,1H3,(H,18,20)(H,21,22)/t10-,11+/m1/s1. The van der Waals surface area contributed by atoms with Crippen molar-refractivity contribution in [2.75, 3.05) is 12.1 Å². The molecular formula is C17H17NO6. The third-order valence-electron chi connectivity index (χ3n) is 4.24. The molecule has 1 aromatic rings. The van der Waals surface area contributed by atoms with E-state index in [1.807, 2.05) is 0 Å². The predicted molar refractivity (Wildman–Crippen MR) is 84.2 cm³/mol. The first-order valence-electron chi connectivity index (χ1n) is 7.60. The van der Waals surface area contributed by atoms with Crippen LogP contribution in [0.4, 0.5) is 5.69 Å². The number of ketones is 1. The Hall–Kier alpha value is -2.83. The van der Waals surface area contributed by atoms with Gasteiger partial charge in [0.15, 0.2) is 17.3 Å². The van der Waals surface area contributed by atoms with Crippen molar-refractivity contribution >= 4 is 23.3 Å². The smallest absolute Gasteiger partial charge is 0.307 e. The van der Waals surface area contributed by atoms with E-state index in [1.54, 1.807) is 12.2 Å². The van der Waals surface area contributed by atoms with E-state index in [4.69, 9.17) is 9.47 Å². The highest BCUT2D eigenvalue weighted by atomic mass is 16.7. The molecular weight excluding hydrogens is 314 g/mol. The number of Topliss-reactive ketones (excluding diaryl/α,β-unsaturated/α-hetero) is 1. The van der Waals surface area contributed by atoms with Gasteiger partial charge in [-0.3, -0.25) is 14.4 Å². The van der Waals surface area contributed by atoms with Crippen LogP contribution >= 0.6 is 0 Å². The van der Waals surface area contributed by atoms with E-state index in [0.29, 0.717) is 35.6 Å². The SMILES string of the molecule is CC(=O)c1cc2c(cc1NC(=O)[C@@H]1CC=CC[C@@H]1C(=O)O)OCO2. The normalized spacial score (nSPS) is 21.4. The van der Waals surface area contributed by atoms with E-state index < -0.39 is 23.7 Å². The van der Waals surface area contributed by atoms with E-state index in [9.17, 15) is 19.5 Å². The Morgan fingerprint density at radius 1 is 1.08 bits per heavy atom. The Kier molecular flexibility index (Phi) is 4.24. The molecule has 7 heteroatoms. The van der Waals surface area contributed by atoms with Gasteiger partial charge in [0.05, 0.1) is 17.5 Å². The van der Waals surface area contributed by atoms with Crippen molar-refractivity contribution in [1.29, 1.82) is 0 Å². The lowest BCUT2D eigenvalue weighted by Gasteiger charge is -2.24. The minimum absolute atomic E-state index is 0.0542. The Bertz CT molecular complexity index is 739. The summed E-state index contributed by atoms with van der Waals surface area (Å²) in [5, 5.41) is 12.0. The average molecular weight is 331 g/mol. The van der Waals surface area contributed by atoms with E-state index in [0.717, 1.165) is 0 Å². The van der Waals surface area contributed by atoms with Crippen molar-refractivity contribution in [3.8, 4) is 11.5 Å². The zero-order valence-electron chi connectivity index (χ0n) is 13.1. The second-order valence-electron chi connectivity index (χ2n) is 5.79. The van der Waals surface area contributed by atoms with Gasteiger partial charge in [0.25, 0.3) is 0 Å². The summed E-state index contributed by atoms with van der Waals surface area (Å²) in [6.45, 7) is 1.44. The first kappa shape index (κ1) is 16.0. The number of anilines is 1. The molecule has 2 aliphatic rings. The molecule has 1 heterocycles. The number of allylic oxidation sites excluding steroid dienone is 2. The molecule has 0 bridgehead atoms. The second kappa shape index (κ2) is 6.35. The summed E-state index contributed by atoms with van der Waals surface area (Å²) in [6.07, 6.45) is 4.23. The molecule has 7 nitrogen and oxygen atoms in total. The summed E-state index contributed by atoms with van der Waals surface area (Å²) < 4.78 is 10.5. The van der Waals surface area contributed by atoms with E-state index in [2.05, 4.69) is 5.32 Å². The minimum atomic E-state index is -1.00. The van der Waals surface area contributed by atoms with Gasteiger partial charge in [0.1, 0.15) is 0 Å². The van der Waals surface area contributed by atoms with Gasteiger partial charge >= 0.3 is 5.97 Å². The van der Waals surface area contributed by atoms with Crippen molar-refractivity contribution < 1.29 is 29.0 Å². The van der Waals surface area contributed by atoms with Crippen molar-refractivity contribution in [2.45, 2.75) is 19.8 Å². The highest BCUT2D eigenvalue weighted by Crippen LogP contribution is 2.38. The summed E-state index contributed by atoms with van der Waals surface area (Å²) in [5.41, 5.74) is 0.598. The Morgan fingerprint density at radius 2 is 1.71 bits per heavy atom. The Labute approximate surface area is 138 Å². The fourth-order valence-corrected chi connectivity index (χ4v) is 2.94. The number of nitrogens with one attached hydrogen (secondary N) is 1. The van der Waals surface area contributed by atoms with Gasteiger partial charge in [-0.1, -0.05) is 12.2 Å². The van der Waals surface area contributed by atoms with Gasteiger partial charge in [-0.05, 0) is 25.8 Å². The van der Waals surface area contributed by atoms with Gasteiger partial charge in [0.2, 0.25) is 12.7 Å². The third-order valence-corrected chi connectivity index (χ3v) is 4.24. The number of fused-ring (bicyclic) bond motifs is 1. The van der Waals surface area contributed by atoms with Gasteiger partial charge in [-0.15, -0.1) is 0 Å². The highest BCUT2D eigenvalue weighted by molar-refractivity contribution is 6.05. The molecule has 0 spiro atoms. The number of hydrogen-bond donors (Lipinski definition) is 2. The lowest BCUT2D eigenvalue weighted by Crippen LogP contribution is -2.35. The summed E-state index contributed by atoms with van der Waals surface area (Å²) in [4.78, 5) is 35.8. The van der Waals surface area contributed by atoms with Crippen LogP contribution in [0.2, 0.25) is 0 Å². The molecule has 1 amide bonds. The van der Waals surface area contributed by atoms with Crippen LogP contribution in [-0.2, 0) is 9.59 Å². The maximum Gasteiger partial charge on any atom is 0.307 e. The quantitative estimate of drug-likeness (QED) is 0.648. The largest absolute Gasteiger partial charge is 0.481 e. The van der Waals surface area contributed by atoms with Gasteiger partial charge in [0, 0.05) is 11.6 Å². The average Bonchev–Trinajstić information content (AvgIpc) is 3.01. The molecule has 0 saturated carbocycles. The Morgan fingerprint density at radius 3 is 2.33 bits per heavy atom. The monoisotopic (exact) mass is 331 g/mol. The Balaban J connectivity index is 1.87. The van der Waals surface area contributed by atoms with Crippen LogP contribution in [0.3, 0.4) is 0 Å². The van der Waals surface area contributed by atoms with Crippen LogP contribution in [-0.4, -0.2) is 29.6 Å². The number of hydrogen-bond acceptors (Lipinski definition) is 5. The van der Waals surface area contributed by atoms with Crippen LogP contribution in [0.1, 0.15) is 30.1 Å². The molecule has 0 fully saturated rings. The van der Waals surface area contributed by atoms with Crippen molar-refractivity contribution in [3.63, 3.8) is 0 Å². The second-order valence-corrected chi connectivity index (χ2v) is 5.79. The lowest BCUT2D eigenvalue weighted by atomic mass is 9.82. The summed E-state index contributed by atoms with van der Waals surface area (Å²) >= 11 is 0. The fourth-order valence-electron chi connectivity index (χ4n) is 2.94. The molecule has 24 heavy (non-hydrogen) atoms. The first-order chi connectivity index (χ1) is 11.5. The molecule has 0 radical (unpaired) electrons. The number of amides is 1. The van der Waals surface area contributed by atoms with Crippen molar-refractivity contribution in [1.82, 2.24) is 0 Å². The van der Waals surface area contributed by atoms with Crippen LogP contribution in [0.15, 0.2) is 24.3 Å².